The third-order valence-electron chi connectivity index (χ3n) is 4.86. The van der Waals surface area contributed by atoms with E-state index in [4.69, 9.17) is 0 Å². The Kier molecular flexibility index (Phi) is 6.96. The minimum absolute atomic E-state index is 0.0567. The molecule has 8 nitrogen and oxygen atoms in total. The van der Waals surface area contributed by atoms with Gasteiger partial charge in [-0.15, -0.1) is 0 Å². The molecule has 0 unspecified atom stereocenters. The molecule has 2 aromatic carbocycles. The van der Waals surface area contributed by atoms with Gasteiger partial charge in [-0.05, 0) is 48.7 Å². The van der Waals surface area contributed by atoms with E-state index in [-0.39, 0.29) is 10.6 Å². The summed E-state index contributed by atoms with van der Waals surface area (Å²) in [4.78, 5) is 22.4. The maximum absolute atomic E-state index is 12.8. The minimum atomic E-state index is -3.50. The van der Waals surface area contributed by atoms with E-state index in [9.17, 15) is 23.3 Å². The van der Waals surface area contributed by atoms with E-state index in [1.165, 1.54) is 30.3 Å². The number of hydrogen-bond donors (Lipinski definition) is 1. The molecule has 0 bridgehead atoms. The van der Waals surface area contributed by atoms with Gasteiger partial charge in [-0.25, -0.2) is 8.42 Å². The van der Waals surface area contributed by atoms with E-state index in [1.807, 2.05) is 0 Å². The van der Waals surface area contributed by atoms with Crippen LogP contribution in [0.3, 0.4) is 0 Å². The summed E-state index contributed by atoms with van der Waals surface area (Å²) in [7, 11) is -3.50. The van der Waals surface area contributed by atoms with E-state index in [0.717, 1.165) is 25.7 Å². The van der Waals surface area contributed by atoms with Gasteiger partial charge in [0, 0.05) is 37.0 Å². The van der Waals surface area contributed by atoms with Crippen LogP contribution in [0.25, 0.3) is 6.08 Å². The van der Waals surface area contributed by atoms with Crippen LogP contribution in [0.15, 0.2) is 59.5 Å². The van der Waals surface area contributed by atoms with E-state index in [2.05, 4.69) is 5.32 Å². The molecule has 1 amide bonds. The van der Waals surface area contributed by atoms with Crippen LogP contribution in [0.1, 0.15) is 31.2 Å². The normalized spacial score (nSPS) is 15.6. The topological polar surface area (TPSA) is 110 Å². The van der Waals surface area contributed by atoms with Gasteiger partial charge in [-0.2, -0.15) is 4.31 Å². The molecule has 0 atom stereocenters. The lowest BCUT2D eigenvalue weighted by atomic mass is 10.2. The molecule has 0 radical (unpaired) electrons. The number of benzene rings is 2. The third-order valence-corrected chi connectivity index (χ3v) is 6.77. The predicted molar refractivity (Wildman–Crippen MR) is 114 cm³/mol. The molecular weight excluding hydrogens is 406 g/mol. The highest BCUT2D eigenvalue weighted by Crippen LogP contribution is 2.21. The van der Waals surface area contributed by atoms with E-state index >= 15 is 0 Å². The van der Waals surface area contributed by atoms with Crippen LogP contribution < -0.4 is 5.32 Å². The molecule has 30 heavy (non-hydrogen) atoms. The standard InChI is InChI=1S/C21H23N3O5S/c25-21(22-18-8-10-19(11-9-18)24(26)27)14-7-17-5-12-20(13-6-17)30(28,29)23-15-3-1-2-4-16-23/h5-14H,1-4,15-16H2,(H,22,25)/b14-7+. The van der Waals surface area contributed by atoms with Crippen LogP contribution in [0.2, 0.25) is 0 Å². The van der Waals surface area contributed by atoms with Gasteiger partial charge in [-0.1, -0.05) is 25.0 Å². The van der Waals surface area contributed by atoms with Gasteiger partial charge in [0.1, 0.15) is 0 Å². The second kappa shape index (κ2) is 9.64. The quantitative estimate of drug-likeness (QED) is 0.427. The SMILES string of the molecule is O=C(/C=C/c1ccc(S(=O)(=O)N2CCCCCC2)cc1)Nc1ccc([N+](=O)[O-])cc1. The minimum Gasteiger partial charge on any atom is -0.323 e. The molecule has 9 heteroatoms. The first-order chi connectivity index (χ1) is 14.4. The number of nitro groups is 1. The predicted octanol–water partition coefficient (Wildman–Crippen LogP) is 3.81. The van der Waals surface area contributed by atoms with Crippen molar-refractivity contribution in [2.75, 3.05) is 18.4 Å². The highest BCUT2D eigenvalue weighted by atomic mass is 32.2. The number of carbonyl (C=O) groups excluding carboxylic acids is 1. The Morgan fingerprint density at radius 2 is 1.57 bits per heavy atom. The van der Waals surface area contributed by atoms with Crippen LogP contribution in [0, 0.1) is 10.1 Å². The molecule has 1 aliphatic heterocycles. The summed E-state index contributed by atoms with van der Waals surface area (Å²) in [5.41, 5.74) is 1.07. The third kappa shape index (κ3) is 5.52. The zero-order valence-corrected chi connectivity index (χ0v) is 17.2. The fourth-order valence-electron chi connectivity index (χ4n) is 3.20. The summed E-state index contributed by atoms with van der Waals surface area (Å²) in [5, 5.41) is 13.3. The smallest absolute Gasteiger partial charge is 0.269 e. The van der Waals surface area contributed by atoms with Gasteiger partial charge < -0.3 is 5.32 Å². The molecule has 0 aromatic heterocycles. The zero-order chi connectivity index (χ0) is 21.6. The van der Waals surface area contributed by atoms with Gasteiger partial charge in [0.2, 0.25) is 15.9 Å². The van der Waals surface area contributed by atoms with E-state index in [1.54, 1.807) is 34.6 Å². The maximum Gasteiger partial charge on any atom is 0.269 e. The van der Waals surface area contributed by atoms with Crippen molar-refractivity contribution < 1.29 is 18.1 Å². The molecule has 0 saturated carbocycles. The van der Waals surface area contributed by atoms with Crippen molar-refractivity contribution in [3.05, 3.63) is 70.3 Å². The number of anilines is 1. The van der Waals surface area contributed by atoms with Crippen LogP contribution in [-0.2, 0) is 14.8 Å². The van der Waals surface area contributed by atoms with Crippen molar-refractivity contribution in [1.82, 2.24) is 4.31 Å². The maximum atomic E-state index is 12.8. The number of nitrogens with zero attached hydrogens (tertiary/aromatic N) is 2. The van der Waals surface area contributed by atoms with Gasteiger partial charge in [0.15, 0.2) is 0 Å². The molecule has 1 N–H and O–H groups in total. The Morgan fingerprint density at radius 1 is 0.967 bits per heavy atom. The first-order valence-electron chi connectivity index (χ1n) is 9.70. The number of amides is 1. The summed E-state index contributed by atoms with van der Waals surface area (Å²) in [6.45, 7) is 1.10. The van der Waals surface area contributed by atoms with Crippen molar-refractivity contribution >= 4 is 33.4 Å². The largest absolute Gasteiger partial charge is 0.323 e. The van der Waals surface area contributed by atoms with Gasteiger partial charge in [-0.3, -0.25) is 14.9 Å². The fourth-order valence-corrected chi connectivity index (χ4v) is 4.72. The Balaban J connectivity index is 1.62. The number of carbonyl (C=O) groups is 1. The van der Waals surface area contributed by atoms with Gasteiger partial charge >= 0.3 is 0 Å². The lowest BCUT2D eigenvalue weighted by Crippen LogP contribution is -2.31. The molecule has 3 rings (SSSR count). The summed E-state index contributed by atoms with van der Waals surface area (Å²) in [5.74, 6) is -0.398. The van der Waals surface area contributed by atoms with E-state index in [0.29, 0.717) is 24.3 Å². The number of hydrogen-bond acceptors (Lipinski definition) is 5. The monoisotopic (exact) mass is 429 g/mol. The Morgan fingerprint density at radius 3 is 2.13 bits per heavy atom. The summed E-state index contributed by atoms with van der Waals surface area (Å²) < 4.78 is 27.1. The molecule has 2 aromatic rings. The molecule has 1 heterocycles. The summed E-state index contributed by atoms with van der Waals surface area (Å²) in [6.07, 6.45) is 6.76. The van der Waals surface area contributed by atoms with Crippen LogP contribution in [-0.4, -0.2) is 36.6 Å². The van der Waals surface area contributed by atoms with Crippen molar-refractivity contribution in [2.24, 2.45) is 0 Å². The van der Waals surface area contributed by atoms with Crippen LogP contribution >= 0.6 is 0 Å². The number of non-ortho nitro benzene ring substituents is 1. The molecular formula is C21H23N3O5S. The molecule has 1 aliphatic rings. The van der Waals surface area contributed by atoms with Crippen molar-refractivity contribution in [1.29, 1.82) is 0 Å². The van der Waals surface area contributed by atoms with E-state index < -0.39 is 20.9 Å². The Labute approximate surface area is 175 Å². The van der Waals surface area contributed by atoms with Crippen molar-refractivity contribution in [3.8, 4) is 0 Å². The lowest BCUT2D eigenvalue weighted by Gasteiger charge is -2.19. The molecule has 1 saturated heterocycles. The first kappa shape index (κ1) is 21.7. The van der Waals surface area contributed by atoms with Gasteiger partial charge in [0.25, 0.3) is 5.69 Å². The number of nitro benzene ring substituents is 1. The van der Waals surface area contributed by atoms with Crippen LogP contribution in [0.4, 0.5) is 11.4 Å². The number of sulfonamides is 1. The van der Waals surface area contributed by atoms with Crippen molar-refractivity contribution in [3.63, 3.8) is 0 Å². The molecule has 158 valence electrons. The first-order valence-corrected chi connectivity index (χ1v) is 11.1. The fraction of sp³-hybridized carbons (Fsp3) is 0.286. The van der Waals surface area contributed by atoms with Crippen LogP contribution in [0.5, 0.6) is 0 Å². The average Bonchev–Trinajstić information content (AvgIpc) is 3.03. The zero-order valence-electron chi connectivity index (χ0n) is 16.4. The second-order valence-corrected chi connectivity index (χ2v) is 8.95. The highest BCUT2D eigenvalue weighted by molar-refractivity contribution is 7.89. The van der Waals surface area contributed by atoms with Gasteiger partial charge in [0.05, 0.1) is 9.82 Å². The number of rotatable bonds is 6. The van der Waals surface area contributed by atoms with Crippen molar-refractivity contribution in [2.45, 2.75) is 30.6 Å². The Bertz CT molecular complexity index is 1020. The lowest BCUT2D eigenvalue weighted by molar-refractivity contribution is -0.384. The molecule has 0 spiro atoms. The highest BCUT2D eigenvalue weighted by Gasteiger charge is 2.24. The molecule has 1 fully saturated rings. The average molecular weight is 429 g/mol. The number of nitrogens with one attached hydrogen (secondary N) is 1. The molecule has 0 aliphatic carbocycles. The summed E-state index contributed by atoms with van der Waals surface area (Å²) >= 11 is 0. The Hall–Kier alpha value is -3.04. The second-order valence-electron chi connectivity index (χ2n) is 7.01. The summed E-state index contributed by atoms with van der Waals surface area (Å²) in [6, 6.07) is 11.9.